The van der Waals surface area contributed by atoms with Crippen LogP contribution in [0.2, 0.25) is 15.1 Å². The molecule has 0 radical (unpaired) electrons. The van der Waals surface area contributed by atoms with Crippen molar-refractivity contribution in [1.29, 1.82) is 0 Å². The number of halogens is 3. The molecular formula is C14H15Cl3N2. The normalized spacial score (nSPS) is 10.8. The zero-order chi connectivity index (χ0) is 14.2. The smallest absolute Gasteiger partial charge is 0.0722 e. The van der Waals surface area contributed by atoms with Crippen molar-refractivity contribution in [2.75, 3.05) is 5.32 Å². The van der Waals surface area contributed by atoms with E-state index in [0.717, 1.165) is 0 Å². The van der Waals surface area contributed by atoms with E-state index in [2.05, 4.69) is 36.8 Å². The van der Waals surface area contributed by atoms with Gasteiger partial charge in [-0.1, -0.05) is 34.8 Å². The van der Waals surface area contributed by atoms with Crippen molar-refractivity contribution in [3.63, 3.8) is 0 Å². The van der Waals surface area contributed by atoms with Gasteiger partial charge in [0, 0.05) is 30.0 Å². The van der Waals surface area contributed by atoms with Gasteiger partial charge in [-0.25, -0.2) is 0 Å². The third-order valence-corrected chi connectivity index (χ3v) is 4.16. The molecule has 1 heterocycles. The van der Waals surface area contributed by atoms with Gasteiger partial charge >= 0.3 is 0 Å². The fraction of sp³-hybridized carbons (Fsp3) is 0.286. The van der Waals surface area contributed by atoms with Crippen LogP contribution in [0.1, 0.15) is 17.0 Å². The quantitative estimate of drug-likeness (QED) is 0.822. The van der Waals surface area contributed by atoms with Crippen molar-refractivity contribution in [1.82, 2.24) is 4.57 Å². The Morgan fingerprint density at radius 2 is 1.63 bits per heavy atom. The van der Waals surface area contributed by atoms with Crippen molar-refractivity contribution in [2.45, 2.75) is 20.4 Å². The number of aromatic nitrogens is 1. The number of hydrogen-bond acceptors (Lipinski definition) is 1. The van der Waals surface area contributed by atoms with Crippen molar-refractivity contribution >= 4 is 40.5 Å². The Balaban J connectivity index is 2.21. The molecule has 1 aromatic carbocycles. The van der Waals surface area contributed by atoms with Crippen LogP contribution in [0.3, 0.4) is 0 Å². The first-order chi connectivity index (χ1) is 8.90. The van der Waals surface area contributed by atoms with Gasteiger partial charge in [-0.15, -0.1) is 0 Å². The Bertz CT molecular complexity index is 594. The molecule has 5 heteroatoms. The van der Waals surface area contributed by atoms with E-state index in [9.17, 15) is 0 Å². The summed E-state index contributed by atoms with van der Waals surface area (Å²) in [5.74, 6) is 0. The van der Waals surface area contributed by atoms with Crippen molar-refractivity contribution in [3.8, 4) is 0 Å². The van der Waals surface area contributed by atoms with Gasteiger partial charge in [0.1, 0.15) is 0 Å². The lowest BCUT2D eigenvalue weighted by Gasteiger charge is -2.11. The summed E-state index contributed by atoms with van der Waals surface area (Å²) in [6, 6.07) is 5.51. The van der Waals surface area contributed by atoms with Crippen molar-refractivity contribution in [3.05, 3.63) is 50.2 Å². The predicted octanol–water partition coefficient (Wildman–Crippen LogP) is 5.21. The second-order valence-corrected chi connectivity index (χ2v) is 5.80. The van der Waals surface area contributed by atoms with Gasteiger partial charge in [0.15, 0.2) is 0 Å². The van der Waals surface area contributed by atoms with Crippen LogP contribution in [0.15, 0.2) is 18.2 Å². The van der Waals surface area contributed by atoms with E-state index in [1.54, 1.807) is 12.1 Å². The summed E-state index contributed by atoms with van der Waals surface area (Å²) < 4.78 is 2.15. The van der Waals surface area contributed by atoms with Gasteiger partial charge in [-0.3, -0.25) is 0 Å². The minimum atomic E-state index is 0.530. The lowest BCUT2D eigenvalue weighted by atomic mass is 10.2. The first kappa shape index (κ1) is 14.6. The molecule has 0 spiro atoms. The van der Waals surface area contributed by atoms with Gasteiger partial charge < -0.3 is 9.88 Å². The van der Waals surface area contributed by atoms with Gasteiger partial charge in [0.05, 0.1) is 15.7 Å². The van der Waals surface area contributed by atoms with Gasteiger partial charge in [0.2, 0.25) is 0 Å². The SMILES string of the molecule is Cc1cc(CNc2c(Cl)cc(Cl)cc2Cl)c(C)n1C. The third-order valence-electron chi connectivity index (χ3n) is 3.34. The second-order valence-electron chi connectivity index (χ2n) is 4.55. The Morgan fingerprint density at radius 3 is 2.11 bits per heavy atom. The van der Waals surface area contributed by atoms with Crippen LogP contribution in [0.5, 0.6) is 0 Å². The van der Waals surface area contributed by atoms with E-state index in [-0.39, 0.29) is 0 Å². The predicted molar refractivity (Wildman–Crippen MR) is 83.7 cm³/mol. The Labute approximate surface area is 128 Å². The van der Waals surface area contributed by atoms with E-state index in [0.29, 0.717) is 27.3 Å². The average Bonchev–Trinajstić information content (AvgIpc) is 2.55. The molecule has 0 amide bonds. The number of benzene rings is 1. The molecule has 0 aliphatic heterocycles. The first-order valence-electron chi connectivity index (χ1n) is 5.90. The first-order valence-corrected chi connectivity index (χ1v) is 7.03. The molecule has 0 bridgehead atoms. The molecule has 19 heavy (non-hydrogen) atoms. The molecule has 0 saturated heterocycles. The molecule has 0 unspecified atom stereocenters. The minimum Gasteiger partial charge on any atom is -0.378 e. The van der Waals surface area contributed by atoms with Gasteiger partial charge in [-0.2, -0.15) is 0 Å². The molecule has 1 aromatic heterocycles. The molecule has 102 valence electrons. The van der Waals surface area contributed by atoms with Crippen LogP contribution in [0.4, 0.5) is 5.69 Å². The molecule has 0 saturated carbocycles. The fourth-order valence-corrected chi connectivity index (χ4v) is 2.96. The maximum atomic E-state index is 6.14. The third kappa shape index (κ3) is 3.02. The molecule has 0 atom stereocenters. The Hall–Kier alpha value is -0.830. The van der Waals surface area contributed by atoms with Crippen LogP contribution >= 0.6 is 34.8 Å². The van der Waals surface area contributed by atoms with Crippen molar-refractivity contribution in [2.24, 2.45) is 7.05 Å². The molecular weight excluding hydrogens is 303 g/mol. The van der Waals surface area contributed by atoms with Crippen LogP contribution in [0, 0.1) is 13.8 Å². The molecule has 0 aliphatic rings. The van der Waals surface area contributed by atoms with E-state index in [1.807, 2.05) is 0 Å². The molecule has 0 aliphatic carbocycles. The molecule has 2 aromatic rings. The summed E-state index contributed by atoms with van der Waals surface area (Å²) in [6.45, 7) is 4.85. The van der Waals surface area contributed by atoms with Crippen molar-refractivity contribution < 1.29 is 0 Å². The summed E-state index contributed by atoms with van der Waals surface area (Å²) >= 11 is 18.2. The highest BCUT2D eigenvalue weighted by Crippen LogP contribution is 2.34. The summed E-state index contributed by atoms with van der Waals surface area (Å²) in [4.78, 5) is 0. The number of nitrogens with zero attached hydrogens (tertiary/aromatic N) is 1. The number of hydrogen-bond donors (Lipinski definition) is 1. The monoisotopic (exact) mass is 316 g/mol. The largest absolute Gasteiger partial charge is 0.378 e. The zero-order valence-electron chi connectivity index (χ0n) is 11.0. The van der Waals surface area contributed by atoms with Gasteiger partial charge in [-0.05, 0) is 37.6 Å². The highest BCUT2D eigenvalue weighted by atomic mass is 35.5. The average molecular weight is 318 g/mol. The van der Waals surface area contributed by atoms with Crippen LogP contribution in [0.25, 0.3) is 0 Å². The highest BCUT2D eigenvalue weighted by Gasteiger charge is 2.10. The number of anilines is 1. The number of nitrogens with one attached hydrogen (secondary N) is 1. The number of aryl methyl sites for hydroxylation is 1. The summed E-state index contributed by atoms with van der Waals surface area (Å²) in [7, 11) is 2.05. The lowest BCUT2D eigenvalue weighted by molar-refractivity contribution is 0.837. The molecule has 1 N–H and O–H groups in total. The summed E-state index contributed by atoms with van der Waals surface area (Å²) in [6.07, 6.45) is 0. The van der Waals surface area contributed by atoms with E-state index in [4.69, 9.17) is 34.8 Å². The molecule has 0 fully saturated rings. The maximum Gasteiger partial charge on any atom is 0.0722 e. The Morgan fingerprint density at radius 1 is 1.05 bits per heavy atom. The van der Waals surface area contributed by atoms with Crippen LogP contribution < -0.4 is 5.32 Å². The summed E-state index contributed by atoms with van der Waals surface area (Å²) in [5.41, 5.74) is 4.39. The Kier molecular flexibility index (Phi) is 4.34. The van der Waals surface area contributed by atoms with E-state index in [1.165, 1.54) is 17.0 Å². The second kappa shape index (κ2) is 5.66. The topological polar surface area (TPSA) is 17.0 Å². The van der Waals surface area contributed by atoms with Crippen LogP contribution in [-0.4, -0.2) is 4.57 Å². The molecule has 2 rings (SSSR count). The van der Waals surface area contributed by atoms with Gasteiger partial charge in [0.25, 0.3) is 0 Å². The van der Waals surface area contributed by atoms with Crippen LogP contribution in [-0.2, 0) is 13.6 Å². The van der Waals surface area contributed by atoms with E-state index >= 15 is 0 Å². The fourth-order valence-electron chi connectivity index (χ4n) is 2.01. The summed E-state index contributed by atoms with van der Waals surface area (Å²) in [5, 5.41) is 4.87. The molecule has 2 nitrogen and oxygen atoms in total. The zero-order valence-corrected chi connectivity index (χ0v) is 13.3. The van der Waals surface area contributed by atoms with E-state index < -0.39 is 0 Å². The number of rotatable bonds is 3. The highest BCUT2D eigenvalue weighted by molar-refractivity contribution is 6.41. The minimum absolute atomic E-state index is 0.530. The standard InChI is InChI=1S/C14H15Cl3N2/c1-8-4-10(9(2)19(8)3)7-18-14-12(16)5-11(15)6-13(14)17/h4-6,18H,7H2,1-3H3. The maximum absolute atomic E-state index is 6.14. The lowest BCUT2D eigenvalue weighted by Crippen LogP contribution is -2.02.